The molecule has 0 fully saturated rings. The second-order valence-electron chi connectivity index (χ2n) is 4.63. The molecule has 0 aliphatic rings. The van der Waals surface area contributed by atoms with E-state index in [1.54, 1.807) is 0 Å². The van der Waals surface area contributed by atoms with Crippen LogP contribution in [0.15, 0.2) is 0 Å². The van der Waals surface area contributed by atoms with E-state index in [0.29, 0.717) is 5.92 Å². The minimum Gasteiger partial charge on any atom is -0.481 e. The van der Waals surface area contributed by atoms with Crippen molar-refractivity contribution in [2.45, 2.75) is 59.8 Å². The molecule has 0 aromatic carbocycles. The Kier molecular flexibility index (Phi) is 5.82. The van der Waals surface area contributed by atoms with Gasteiger partial charge in [0.15, 0.2) is 0 Å². The molecular formula is C12H24O2. The van der Waals surface area contributed by atoms with Crippen molar-refractivity contribution in [3.8, 4) is 0 Å². The van der Waals surface area contributed by atoms with E-state index in [1.165, 1.54) is 12.8 Å². The summed E-state index contributed by atoms with van der Waals surface area (Å²) in [6, 6.07) is 0. The molecule has 0 aromatic rings. The molecule has 0 saturated carbocycles. The zero-order chi connectivity index (χ0) is 11.2. The first-order valence-electron chi connectivity index (χ1n) is 5.70. The molecule has 0 spiro atoms. The average Bonchev–Trinajstić information content (AvgIpc) is 2.12. The SMILES string of the molecule is CCCCCC(CC)C(C)(C)C(=O)O. The molecule has 1 atom stereocenters. The summed E-state index contributed by atoms with van der Waals surface area (Å²) >= 11 is 0. The predicted octanol–water partition coefficient (Wildman–Crippen LogP) is 3.70. The lowest BCUT2D eigenvalue weighted by Crippen LogP contribution is -2.32. The van der Waals surface area contributed by atoms with Gasteiger partial charge in [0.05, 0.1) is 5.41 Å². The number of hydrogen-bond donors (Lipinski definition) is 1. The van der Waals surface area contributed by atoms with Crippen LogP contribution < -0.4 is 0 Å². The van der Waals surface area contributed by atoms with E-state index in [4.69, 9.17) is 5.11 Å². The average molecular weight is 200 g/mol. The summed E-state index contributed by atoms with van der Waals surface area (Å²) in [4.78, 5) is 11.1. The van der Waals surface area contributed by atoms with Crippen LogP contribution in [0.2, 0.25) is 0 Å². The van der Waals surface area contributed by atoms with E-state index in [0.717, 1.165) is 19.3 Å². The molecule has 84 valence electrons. The first-order valence-corrected chi connectivity index (χ1v) is 5.70. The summed E-state index contributed by atoms with van der Waals surface area (Å²) in [5.74, 6) is -0.354. The summed E-state index contributed by atoms with van der Waals surface area (Å²) in [6.07, 6.45) is 5.58. The normalized spacial score (nSPS) is 14.0. The van der Waals surface area contributed by atoms with Crippen LogP contribution in [0.3, 0.4) is 0 Å². The number of carboxylic acid groups (broad SMARTS) is 1. The van der Waals surface area contributed by atoms with Crippen molar-refractivity contribution >= 4 is 5.97 Å². The zero-order valence-electron chi connectivity index (χ0n) is 9.97. The number of hydrogen-bond acceptors (Lipinski definition) is 1. The van der Waals surface area contributed by atoms with E-state index in [1.807, 2.05) is 13.8 Å². The molecule has 0 saturated heterocycles. The van der Waals surface area contributed by atoms with Crippen molar-refractivity contribution in [1.29, 1.82) is 0 Å². The highest BCUT2D eigenvalue weighted by Gasteiger charge is 2.34. The van der Waals surface area contributed by atoms with Crippen LogP contribution in [-0.2, 0) is 4.79 Å². The fraction of sp³-hybridized carbons (Fsp3) is 0.917. The highest BCUT2D eigenvalue weighted by atomic mass is 16.4. The van der Waals surface area contributed by atoms with Crippen LogP contribution in [-0.4, -0.2) is 11.1 Å². The highest BCUT2D eigenvalue weighted by molar-refractivity contribution is 5.73. The Bertz CT molecular complexity index is 173. The van der Waals surface area contributed by atoms with Gasteiger partial charge >= 0.3 is 5.97 Å². The molecule has 0 heterocycles. The van der Waals surface area contributed by atoms with Crippen LogP contribution in [0, 0.1) is 11.3 Å². The van der Waals surface area contributed by atoms with Crippen LogP contribution in [0.5, 0.6) is 0 Å². The zero-order valence-corrected chi connectivity index (χ0v) is 9.97. The van der Waals surface area contributed by atoms with Gasteiger partial charge in [-0.05, 0) is 26.2 Å². The lowest BCUT2D eigenvalue weighted by Gasteiger charge is -2.29. The Labute approximate surface area is 87.7 Å². The fourth-order valence-corrected chi connectivity index (χ4v) is 1.89. The van der Waals surface area contributed by atoms with Crippen molar-refractivity contribution in [3.05, 3.63) is 0 Å². The molecule has 0 aromatic heterocycles. The van der Waals surface area contributed by atoms with Gasteiger partial charge in [0.25, 0.3) is 0 Å². The summed E-state index contributed by atoms with van der Waals surface area (Å²) in [5.41, 5.74) is -0.567. The van der Waals surface area contributed by atoms with Gasteiger partial charge in [0.1, 0.15) is 0 Å². The lowest BCUT2D eigenvalue weighted by atomic mass is 9.75. The summed E-state index contributed by atoms with van der Waals surface area (Å²) < 4.78 is 0. The van der Waals surface area contributed by atoms with Crippen molar-refractivity contribution in [2.75, 3.05) is 0 Å². The van der Waals surface area contributed by atoms with Gasteiger partial charge in [-0.2, -0.15) is 0 Å². The monoisotopic (exact) mass is 200 g/mol. The minimum absolute atomic E-state index is 0.312. The van der Waals surface area contributed by atoms with Gasteiger partial charge < -0.3 is 5.11 Å². The lowest BCUT2D eigenvalue weighted by molar-refractivity contribution is -0.150. The van der Waals surface area contributed by atoms with Crippen molar-refractivity contribution in [3.63, 3.8) is 0 Å². The number of carboxylic acids is 1. The van der Waals surface area contributed by atoms with Crippen LogP contribution >= 0.6 is 0 Å². The van der Waals surface area contributed by atoms with Crippen LogP contribution in [0.1, 0.15) is 59.8 Å². The first kappa shape index (κ1) is 13.5. The largest absolute Gasteiger partial charge is 0.481 e. The third-order valence-corrected chi connectivity index (χ3v) is 3.22. The number of aliphatic carboxylic acids is 1. The Morgan fingerprint density at radius 1 is 1.29 bits per heavy atom. The van der Waals surface area contributed by atoms with Crippen LogP contribution in [0.4, 0.5) is 0 Å². The summed E-state index contributed by atoms with van der Waals surface area (Å²) in [5, 5.41) is 9.10. The number of rotatable bonds is 7. The van der Waals surface area contributed by atoms with Gasteiger partial charge in [0, 0.05) is 0 Å². The fourth-order valence-electron chi connectivity index (χ4n) is 1.89. The molecule has 0 amide bonds. The minimum atomic E-state index is -0.666. The van der Waals surface area contributed by atoms with Crippen molar-refractivity contribution < 1.29 is 9.90 Å². The van der Waals surface area contributed by atoms with Crippen molar-refractivity contribution in [1.82, 2.24) is 0 Å². The quantitative estimate of drug-likeness (QED) is 0.636. The highest BCUT2D eigenvalue weighted by Crippen LogP contribution is 2.33. The molecule has 14 heavy (non-hydrogen) atoms. The Morgan fingerprint density at radius 3 is 2.21 bits per heavy atom. The molecule has 0 radical (unpaired) electrons. The van der Waals surface area contributed by atoms with E-state index < -0.39 is 11.4 Å². The van der Waals surface area contributed by atoms with E-state index in [-0.39, 0.29) is 0 Å². The number of carbonyl (C=O) groups is 1. The first-order chi connectivity index (χ1) is 6.46. The van der Waals surface area contributed by atoms with Gasteiger partial charge in [-0.25, -0.2) is 0 Å². The summed E-state index contributed by atoms with van der Waals surface area (Å²) in [6.45, 7) is 7.94. The number of unbranched alkanes of at least 4 members (excludes halogenated alkanes) is 2. The third kappa shape index (κ3) is 3.69. The molecule has 0 rings (SSSR count). The standard InChI is InChI=1S/C12H24O2/c1-5-7-8-9-10(6-2)12(3,4)11(13)14/h10H,5-9H2,1-4H3,(H,13,14). The predicted molar refractivity (Wildman–Crippen MR) is 59.3 cm³/mol. The Balaban J connectivity index is 4.18. The molecule has 0 aliphatic heterocycles. The maximum absolute atomic E-state index is 11.1. The Hall–Kier alpha value is -0.530. The second-order valence-corrected chi connectivity index (χ2v) is 4.63. The van der Waals surface area contributed by atoms with E-state index in [9.17, 15) is 4.79 Å². The topological polar surface area (TPSA) is 37.3 Å². The Morgan fingerprint density at radius 2 is 1.86 bits per heavy atom. The van der Waals surface area contributed by atoms with Gasteiger partial charge in [-0.3, -0.25) is 4.79 Å². The summed E-state index contributed by atoms with van der Waals surface area (Å²) in [7, 11) is 0. The third-order valence-electron chi connectivity index (χ3n) is 3.22. The smallest absolute Gasteiger partial charge is 0.309 e. The van der Waals surface area contributed by atoms with Gasteiger partial charge in [-0.1, -0.05) is 39.5 Å². The molecule has 2 heteroatoms. The van der Waals surface area contributed by atoms with Gasteiger partial charge in [-0.15, -0.1) is 0 Å². The molecule has 0 bridgehead atoms. The maximum atomic E-state index is 11.1. The van der Waals surface area contributed by atoms with Gasteiger partial charge in [0.2, 0.25) is 0 Å². The van der Waals surface area contributed by atoms with E-state index >= 15 is 0 Å². The molecule has 1 N–H and O–H groups in total. The molecule has 0 aliphatic carbocycles. The molecule has 2 nitrogen and oxygen atoms in total. The van der Waals surface area contributed by atoms with E-state index in [2.05, 4.69) is 13.8 Å². The van der Waals surface area contributed by atoms with Crippen molar-refractivity contribution in [2.24, 2.45) is 11.3 Å². The second kappa shape index (κ2) is 6.05. The maximum Gasteiger partial charge on any atom is 0.309 e. The molecular weight excluding hydrogens is 176 g/mol. The van der Waals surface area contributed by atoms with Crippen LogP contribution in [0.25, 0.3) is 0 Å². The molecule has 1 unspecified atom stereocenters.